The molecule has 2 saturated heterocycles. The Balaban J connectivity index is 1.66. The van der Waals surface area contributed by atoms with Gasteiger partial charge in [0.05, 0.1) is 32.0 Å². The average Bonchev–Trinajstić information content (AvgIpc) is 3.32. The van der Waals surface area contributed by atoms with Gasteiger partial charge in [0.15, 0.2) is 12.6 Å². The van der Waals surface area contributed by atoms with Gasteiger partial charge < -0.3 is 65.1 Å². The Kier molecular flexibility index (Phi) is 37.2. The maximum atomic E-state index is 13.0. The van der Waals surface area contributed by atoms with Gasteiger partial charge in [0, 0.05) is 6.42 Å². The zero-order valence-electron chi connectivity index (χ0n) is 42.2. The van der Waals surface area contributed by atoms with Crippen molar-refractivity contribution in [1.29, 1.82) is 0 Å². The van der Waals surface area contributed by atoms with Gasteiger partial charge >= 0.3 is 0 Å². The molecule has 0 aromatic rings. The molecule has 67 heavy (non-hydrogen) atoms. The van der Waals surface area contributed by atoms with E-state index in [9.17, 15) is 45.6 Å². The maximum Gasteiger partial charge on any atom is 0.220 e. The molecule has 2 heterocycles. The Hall–Kier alpha value is -1.27. The van der Waals surface area contributed by atoms with Crippen molar-refractivity contribution in [3.05, 3.63) is 12.2 Å². The lowest BCUT2D eigenvalue weighted by Gasteiger charge is -2.46. The summed E-state index contributed by atoms with van der Waals surface area (Å²) in [5, 5.41) is 86.5. The lowest BCUT2D eigenvalue weighted by molar-refractivity contribution is -0.359. The topological polar surface area (TPSA) is 228 Å². The standard InChI is InChI=1S/C53H101NO13/c1-3-5-7-9-11-12-13-14-15-16-17-18-19-20-21-22-23-24-25-26-27-28-29-30-31-32-34-36-42(57)41(54-45(58)37-35-33-10-8-6-4-2)40-64-52-50(63)48(61)51(44(39-56)66-52)67-53-49(62)47(60)46(59)43(38-55)65-53/h34,36,41-44,46-53,55-57,59-63H,3-33,35,37-40H2,1-2H3,(H,54,58)/b36-34+. The van der Waals surface area contributed by atoms with Gasteiger partial charge in [-0.2, -0.15) is 0 Å². The van der Waals surface area contributed by atoms with Crippen LogP contribution in [0.15, 0.2) is 12.2 Å². The highest BCUT2D eigenvalue weighted by molar-refractivity contribution is 5.76. The van der Waals surface area contributed by atoms with Crippen LogP contribution in [-0.2, 0) is 23.7 Å². The summed E-state index contributed by atoms with van der Waals surface area (Å²) in [6, 6.07) is -0.906. The first-order valence-electron chi connectivity index (χ1n) is 27.4. The molecule has 2 fully saturated rings. The molecular weight excluding hydrogens is 859 g/mol. The van der Waals surface area contributed by atoms with Crippen molar-refractivity contribution in [3.63, 3.8) is 0 Å². The molecule has 0 spiro atoms. The summed E-state index contributed by atoms with van der Waals surface area (Å²) in [4.78, 5) is 13.0. The lowest BCUT2D eigenvalue weighted by Crippen LogP contribution is -2.65. The molecule has 1 amide bonds. The Labute approximate surface area is 406 Å². The quantitative estimate of drug-likeness (QED) is 0.0209. The Morgan fingerprint density at radius 2 is 0.925 bits per heavy atom. The Bertz CT molecular complexity index is 1180. The van der Waals surface area contributed by atoms with Crippen LogP contribution in [0.25, 0.3) is 0 Å². The van der Waals surface area contributed by atoms with Crippen LogP contribution < -0.4 is 5.32 Å². The molecule has 2 aliphatic rings. The van der Waals surface area contributed by atoms with E-state index in [2.05, 4.69) is 19.2 Å². The van der Waals surface area contributed by atoms with Crippen molar-refractivity contribution in [2.24, 2.45) is 0 Å². The highest BCUT2D eigenvalue weighted by Crippen LogP contribution is 2.30. The highest BCUT2D eigenvalue weighted by atomic mass is 16.7. The summed E-state index contributed by atoms with van der Waals surface area (Å²) in [6.45, 7) is 2.73. The SMILES string of the molecule is CCCCCCCCCCCCCCCCCCCCCCCCCCC/C=C/C(O)C(COC1OC(CO)C(OC2OC(CO)C(O)C(O)C2O)C(O)C1O)NC(=O)CCCCCCCC. The van der Waals surface area contributed by atoms with Crippen molar-refractivity contribution in [1.82, 2.24) is 5.32 Å². The summed E-state index contributed by atoms with van der Waals surface area (Å²) in [6.07, 6.45) is 27.5. The van der Waals surface area contributed by atoms with Crippen LogP contribution in [0.5, 0.6) is 0 Å². The zero-order valence-corrected chi connectivity index (χ0v) is 42.2. The van der Waals surface area contributed by atoms with Crippen molar-refractivity contribution < 1.29 is 64.6 Å². The summed E-state index contributed by atoms with van der Waals surface area (Å²) in [5.41, 5.74) is 0. The molecule has 2 aliphatic heterocycles. The number of unbranched alkanes of at least 4 members (excludes halogenated alkanes) is 30. The maximum absolute atomic E-state index is 13.0. The number of allylic oxidation sites excluding steroid dienone is 1. The predicted molar refractivity (Wildman–Crippen MR) is 263 cm³/mol. The van der Waals surface area contributed by atoms with Crippen LogP contribution in [0.1, 0.15) is 226 Å². The minimum Gasteiger partial charge on any atom is -0.394 e. The predicted octanol–water partition coefficient (Wildman–Crippen LogP) is 7.94. The Morgan fingerprint density at radius 3 is 1.37 bits per heavy atom. The molecule has 0 bridgehead atoms. The van der Waals surface area contributed by atoms with E-state index in [0.29, 0.717) is 6.42 Å². The molecule has 0 aliphatic carbocycles. The second-order valence-corrected chi connectivity index (χ2v) is 19.7. The van der Waals surface area contributed by atoms with E-state index in [0.717, 1.165) is 51.4 Å². The molecule has 0 radical (unpaired) electrons. The van der Waals surface area contributed by atoms with Crippen LogP contribution in [0.3, 0.4) is 0 Å². The van der Waals surface area contributed by atoms with Crippen molar-refractivity contribution in [2.75, 3.05) is 19.8 Å². The first-order chi connectivity index (χ1) is 32.6. The molecule has 2 rings (SSSR count). The monoisotopic (exact) mass is 960 g/mol. The van der Waals surface area contributed by atoms with Crippen LogP contribution in [-0.4, -0.2) is 140 Å². The van der Waals surface area contributed by atoms with Crippen molar-refractivity contribution >= 4 is 5.91 Å². The number of amides is 1. The van der Waals surface area contributed by atoms with Crippen molar-refractivity contribution in [3.8, 4) is 0 Å². The van der Waals surface area contributed by atoms with Crippen LogP contribution in [0, 0.1) is 0 Å². The molecule has 0 aromatic heterocycles. The molecule has 12 unspecified atom stereocenters. The van der Waals surface area contributed by atoms with Crippen LogP contribution in [0.4, 0.5) is 0 Å². The fraction of sp³-hybridized carbons (Fsp3) is 0.943. The van der Waals surface area contributed by atoms with Crippen LogP contribution in [0.2, 0.25) is 0 Å². The molecule has 12 atom stereocenters. The van der Waals surface area contributed by atoms with E-state index in [-0.39, 0.29) is 18.9 Å². The number of rotatable bonds is 43. The smallest absolute Gasteiger partial charge is 0.220 e. The largest absolute Gasteiger partial charge is 0.394 e. The van der Waals surface area contributed by atoms with Gasteiger partial charge in [0.2, 0.25) is 5.91 Å². The summed E-state index contributed by atoms with van der Waals surface area (Å²) in [7, 11) is 0. The van der Waals surface area contributed by atoms with E-state index in [1.54, 1.807) is 6.08 Å². The van der Waals surface area contributed by atoms with Gasteiger partial charge in [-0.3, -0.25) is 4.79 Å². The zero-order chi connectivity index (χ0) is 48.9. The molecule has 396 valence electrons. The summed E-state index contributed by atoms with van der Waals surface area (Å²) >= 11 is 0. The summed E-state index contributed by atoms with van der Waals surface area (Å²) < 4.78 is 22.6. The van der Waals surface area contributed by atoms with Gasteiger partial charge in [-0.1, -0.05) is 212 Å². The molecule has 9 N–H and O–H groups in total. The number of hydrogen-bond acceptors (Lipinski definition) is 13. The number of carbonyl (C=O) groups is 1. The normalized spacial score (nSPS) is 26.6. The molecule has 0 saturated carbocycles. The van der Waals surface area contributed by atoms with Crippen LogP contribution >= 0.6 is 0 Å². The number of nitrogens with one attached hydrogen (secondary N) is 1. The second-order valence-electron chi connectivity index (χ2n) is 19.7. The third-order valence-electron chi connectivity index (χ3n) is 13.7. The number of ether oxygens (including phenoxy) is 4. The lowest BCUT2D eigenvalue weighted by atomic mass is 9.97. The Morgan fingerprint density at radius 1 is 0.522 bits per heavy atom. The first-order valence-corrected chi connectivity index (χ1v) is 27.4. The van der Waals surface area contributed by atoms with E-state index in [4.69, 9.17) is 18.9 Å². The fourth-order valence-electron chi connectivity index (χ4n) is 9.23. The molecular formula is C53H101NO13. The van der Waals surface area contributed by atoms with E-state index >= 15 is 0 Å². The van der Waals surface area contributed by atoms with Gasteiger partial charge in [-0.25, -0.2) is 0 Å². The molecule has 0 aromatic carbocycles. The summed E-state index contributed by atoms with van der Waals surface area (Å²) in [5.74, 6) is -0.247. The van der Waals surface area contributed by atoms with E-state index in [1.807, 2.05) is 6.08 Å². The third-order valence-corrected chi connectivity index (χ3v) is 13.7. The van der Waals surface area contributed by atoms with Gasteiger partial charge in [-0.05, 0) is 19.3 Å². The average molecular weight is 960 g/mol. The molecule has 14 nitrogen and oxygen atoms in total. The van der Waals surface area contributed by atoms with Gasteiger partial charge in [0.25, 0.3) is 0 Å². The first kappa shape index (κ1) is 61.8. The minimum atomic E-state index is -1.78. The van der Waals surface area contributed by atoms with Crippen molar-refractivity contribution in [2.45, 2.75) is 299 Å². The molecule has 14 heteroatoms. The number of aliphatic hydroxyl groups is 8. The minimum absolute atomic E-state index is 0.247. The van der Waals surface area contributed by atoms with Gasteiger partial charge in [0.1, 0.15) is 48.8 Å². The third kappa shape index (κ3) is 27.2. The number of carbonyl (C=O) groups excluding carboxylic acids is 1. The van der Waals surface area contributed by atoms with Gasteiger partial charge in [-0.15, -0.1) is 0 Å². The fourth-order valence-corrected chi connectivity index (χ4v) is 9.23. The van der Waals surface area contributed by atoms with E-state index in [1.165, 1.54) is 148 Å². The second kappa shape index (κ2) is 40.3. The number of hydrogen-bond donors (Lipinski definition) is 9. The van der Waals surface area contributed by atoms with E-state index < -0.39 is 86.8 Å². The number of aliphatic hydroxyl groups excluding tert-OH is 8. The highest BCUT2D eigenvalue weighted by Gasteiger charge is 2.51.